The number of ketones is 2. The van der Waals surface area contributed by atoms with Gasteiger partial charge in [0.2, 0.25) is 0 Å². The zero-order chi connectivity index (χ0) is 29.4. The summed E-state index contributed by atoms with van der Waals surface area (Å²) in [5, 5.41) is 22.2. The number of aliphatic hydroxyl groups is 2. The fraction of sp³-hybridized carbons (Fsp3) is 0.667. The normalized spacial score (nSPS) is 44.2. The smallest absolute Gasteiger partial charge is 0.178 e. The standard InChI is InChI=1S/C36H48N2O4/c1-34-14-13-28(40)16-24(34)7-12-29-30-17-25-19-38(21-36(25,32(42)20-39)35(30,2)18-31(41)33(29)34)27-10-5-23(6-11-27)15-22-3-8-26(37)9-4-22/h5-6,10-11,13-14,16,22,25-26,29-31,33,39,41H,3-4,7-9,12,15,17-21,37H2,1-2H3/t22?,25-,26?,29-,30-,31-,33?,34-,35-,36+/m0/s1. The van der Waals surface area contributed by atoms with Crippen LogP contribution < -0.4 is 10.6 Å². The van der Waals surface area contributed by atoms with Crippen LogP contribution in [0.3, 0.4) is 0 Å². The molecule has 1 aliphatic heterocycles. The fourth-order valence-electron chi connectivity index (χ4n) is 11.3. The van der Waals surface area contributed by atoms with Crippen LogP contribution in [0.15, 0.2) is 48.1 Å². The molecule has 0 radical (unpaired) electrons. The lowest BCUT2D eigenvalue weighted by molar-refractivity contribution is -0.157. The van der Waals surface area contributed by atoms with E-state index in [1.807, 2.05) is 6.08 Å². The molecule has 6 heteroatoms. The van der Waals surface area contributed by atoms with Gasteiger partial charge in [-0.15, -0.1) is 0 Å². The maximum atomic E-state index is 13.9. The molecule has 8 atom stereocenters. The molecule has 4 saturated carbocycles. The second kappa shape index (κ2) is 10.1. The first-order valence-corrected chi connectivity index (χ1v) is 16.4. The molecular weight excluding hydrogens is 524 g/mol. The molecule has 1 unspecified atom stereocenters. The second-order valence-electron chi connectivity index (χ2n) is 15.2. The van der Waals surface area contributed by atoms with Crippen molar-refractivity contribution in [2.75, 3.05) is 24.6 Å². The van der Waals surface area contributed by atoms with Gasteiger partial charge in [-0.3, -0.25) is 9.59 Å². The Morgan fingerprint density at radius 2 is 1.83 bits per heavy atom. The van der Waals surface area contributed by atoms with E-state index in [2.05, 4.69) is 43.0 Å². The number of nitrogens with zero attached hydrogens (tertiary/aromatic N) is 1. The van der Waals surface area contributed by atoms with E-state index < -0.39 is 18.1 Å². The summed E-state index contributed by atoms with van der Waals surface area (Å²) in [6, 6.07) is 9.33. The van der Waals surface area contributed by atoms with Crippen LogP contribution in [0.5, 0.6) is 0 Å². The fourth-order valence-corrected chi connectivity index (χ4v) is 11.3. The lowest BCUT2D eigenvalue weighted by atomic mass is 9.44. The number of nitrogens with two attached hydrogens (primary N) is 1. The largest absolute Gasteiger partial charge is 0.393 e. The van der Waals surface area contributed by atoms with Gasteiger partial charge in [-0.2, -0.15) is 0 Å². The monoisotopic (exact) mass is 572 g/mol. The number of allylic oxidation sites excluding steroid dienone is 4. The van der Waals surface area contributed by atoms with E-state index in [4.69, 9.17) is 5.73 Å². The predicted molar refractivity (Wildman–Crippen MR) is 164 cm³/mol. The minimum atomic E-state index is -0.673. The van der Waals surface area contributed by atoms with Gasteiger partial charge in [0.1, 0.15) is 6.61 Å². The van der Waals surface area contributed by atoms with E-state index in [1.165, 1.54) is 18.4 Å². The summed E-state index contributed by atoms with van der Waals surface area (Å²) in [7, 11) is 0. The summed E-state index contributed by atoms with van der Waals surface area (Å²) in [5.74, 6) is 1.50. The van der Waals surface area contributed by atoms with Gasteiger partial charge in [0.05, 0.1) is 11.5 Å². The Labute approximate surface area is 250 Å². The summed E-state index contributed by atoms with van der Waals surface area (Å²) in [6.45, 7) is 5.41. The highest BCUT2D eigenvalue weighted by Crippen LogP contribution is 2.72. The number of hydrogen-bond acceptors (Lipinski definition) is 6. The number of anilines is 1. The minimum Gasteiger partial charge on any atom is -0.393 e. The van der Waals surface area contributed by atoms with Crippen molar-refractivity contribution in [3.63, 3.8) is 0 Å². The second-order valence-corrected chi connectivity index (χ2v) is 15.2. The average Bonchev–Trinajstić information content (AvgIpc) is 3.47. The highest BCUT2D eigenvalue weighted by atomic mass is 16.3. The number of aliphatic hydroxyl groups excluding tert-OH is 2. The Balaban J connectivity index is 1.15. The van der Waals surface area contributed by atoms with Crippen molar-refractivity contribution in [1.29, 1.82) is 0 Å². The first-order chi connectivity index (χ1) is 20.1. The molecule has 6 nitrogen and oxygen atoms in total. The van der Waals surface area contributed by atoms with Crippen molar-refractivity contribution in [2.45, 2.75) is 83.8 Å². The molecule has 0 amide bonds. The molecular formula is C36H48N2O4. The minimum absolute atomic E-state index is 0.0450. The third-order valence-corrected chi connectivity index (χ3v) is 13.4. The predicted octanol–water partition coefficient (Wildman–Crippen LogP) is 4.62. The van der Waals surface area contributed by atoms with Crippen LogP contribution in [0.1, 0.15) is 70.8 Å². The number of carbonyl (C=O) groups excluding carboxylic acids is 2. The van der Waals surface area contributed by atoms with E-state index in [-0.39, 0.29) is 40.2 Å². The quantitative estimate of drug-likeness (QED) is 0.476. The number of Topliss-reactive ketones (excluding diaryl/α,β-unsaturated/α-hetero) is 1. The van der Waals surface area contributed by atoms with Gasteiger partial charge in [0.15, 0.2) is 11.6 Å². The number of benzene rings is 1. The lowest BCUT2D eigenvalue weighted by Gasteiger charge is -2.60. The first kappa shape index (κ1) is 28.5. The Morgan fingerprint density at radius 3 is 2.55 bits per heavy atom. The van der Waals surface area contributed by atoms with Crippen molar-refractivity contribution in [3.05, 3.63) is 53.6 Å². The topological polar surface area (TPSA) is 104 Å². The SMILES string of the molecule is C[C@]12C=CC(=O)C=C1CC[C@@H]1C2[C@@H](O)C[C@@]2(C)[C@H]1C[C@H]1CN(c3ccc(CC4CCC(N)CC4)cc3)C[C@]12C(=O)CO. The zero-order valence-electron chi connectivity index (χ0n) is 25.3. The van der Waals surface area contributed by atoms with E-state index in [0.717, 1.165) is 56.3 Å². The summed E-state index contributed by atoms with van der Waals surface area (Å²) in [6.07, 6.45) is 14.1. The van der Waals surface area contributed by atoms with Crippen LogP contribution >= 0.6 is 0 Å². The van der Waals surface area contributed by atoms with Gasteiger partial charge in [0.25, 0.3) is 0 Å². The number of rotatable bonds is 5. The van der Waals surface area contributed by atoms with Crippen molar-refractivity contribution < 1.29 is 19.8 Å². The Morgan fingerprint density at radius 1 is 1.10 bits per heavy atom. The molecule has 0 aromatic heterocycles. The molecule has 1 saturated heterocycles. The Kier molecular flexibility index (Phi) is 6.88. The van der Waals surface area contributed by atoms with Gasteiger partial charge in [-0.05, 0) is 117 Å². The molecule has 0 spiro atoms. The van der Waals surface area contributed by atoms with Crippen molar-refractivity contribution in [1.82, 2.24) is 0 Å². The van der Waals surface area contributed by atoms with Crippen LogP contribution in [0.2, 0.25) is 0 Å². The van der Waals surface area contributed by atoms with Gasteiger partial charge in [-0.25, -0.2) is 0 Å². The highest BCUT2D eigenvalue weighted by Gasteiger charge is 2.73. The molecule has 5 aliphatic carbocycles. The molecule has 42 heavy (non-hydrogen) atoms. The first-order valence-electron chi connectivity index (χ1n) is 16.4. The molecule has 1 aromatic rings. The van der Waals surface area contributed by atoms with Crippen LogP contribution in [-0.4, -0.2) is 53.6 Å². The zero-order valence-corrected chi connectivity index (χ0v) is 25.3. The van der Waals surface area contributed by atoms with E-state index in [0.29, 0.717) is 30.8 Å². The molecule has 226 valence electrons. The third-order valence-electron chi connectivity index (χ3n) is 13.4. The average molecular weight is 573 g/mol. The maximum absolute atomic E-state index is 13.9. The maximum Gasteiger partial charge on any atom is 0.178 e. The van der Waals surface area contributed by atoms with E-state index in [1.54, 1.807) is 12.2 Å². The summed E-state index contributed by atoms with van der Waals surface area (Å²) in [5.41, 5.74) is 8.40. The Hall–Kier alpha value is -2.28. The third kappa shape index (κ3) is 4.07. The number of hydrogen-bond donors (Lipinski definition) is 3. The molecule has 5 fully saturated rings. The van der Waals surface area contributed by atoms with Crippen LogP contribution in [-0.2, 0) is 16.0 Å². The number of carbonyl (C=O) groups is 2. The summed E-state index contributed by atoms with van der Waals surface area (Å²) < 4.78 is 0. The van der Waals surface area contributed by atoms with Crippen molar-refractivity contribution in [3.8, 4) is 0 Å². The molecule has 1 aromatic carbocycles. The van der Waals surface area contributed by atoms with Crippen molar-refractivity contribution in [2.24, 2.45) is 51.6 Å². The van der Waals surface area contributed by atoms with E-state index in [9.17, 15) is 19.8 Å². The highest BCUT2D eigenvalue weighted by molar-refractivity contribution is 6.01. The van der Waals surface area contributed by atoms with Crippen LogP contribution in [0, 0.1) is 45.8 Å². The van der Waals surface area contributed by atoms with Crippen LogP contribution in [0.25, 0.3) is 0 Å². The van der Waals surface area contributed by atoms with Gasteiger partial charge >= 0.3 is 0 Å². The van der Waals surface area contributed by atoms with Crippen molar-refractivity contribution >= 4 is 17.3 Å². The molecule has 0 bridgehead atoms. The van der Waals surface area contributed by atoms with Gasteiger partial charge < -0.3 is 20.8 Å². The molecule has 1 heterocycles. The molecule has 7 rings (SSSR count). The van der Waals surface area contributed by atoms with E-state index >= 15 is 0 Å². The summed E-state index contributed by atoms with van der Waals surface area (Å²) >= 11 is 0. The lowest BCUT2D eigenvalue weighted by Crippen LogP contribution is -2.60. The van der Waals surface area contributed by atoms with Gasteiger partial charge in [-0.1, -0.05) is 37.6 Å². The van der Waals surface area contributed by atoms with Crippen LogP contribution in [0.4, 0.5) is 5.69 Å². The number of fused-ring (bicyclic) bond motifs is 7. The summed E-state index contributed by atoms with van der Waals surface area (Å²) in [4.78, 5) is 28.5. The molecule has 6 aliphatic rings. The Bertz CT molecular complexity index is 1310. The molecule has 4 N–H and O–H groups in total. The van der Waals surface area contributed by atoms with Gasteiger partial charge in [0, 0.05) is 36.2 Å².